The highest BCUT2D eigenvalue weighted by Crippen LogP contribution is 2.36. The van der Waals surface area contributed by atoms with Crippen molar-refractivity contribution in [2.45, 2.75) is 0 Å². The Kier molecular flexibility index (Phi) is 4.30. The summed E-state index contributed by atoms with van der Waals surface area (Å²) < 4.78 is 4.69. The van der Waals surface area contributed by atoms with Gasteiger partial charge in [0.05, 0.1) is 7.11 Å². The molecule has 3 nitrogen and oxygen atoms in total. The van der Waals surface area contributed by atoms with Gasteiger partial charge in [0, 0.05) is 21.2 Å². The monoisotopic (exact) mass is 315 g/mol. The lowest BCUT2D eigenvalue weighted by molar-refractivity contribution is 0.0595. The first-order valence-electron chi connectivity index (χ1n) is 5.24. The lowest BCUT2D eigenvalue weighted by Gasteiger charge is -2.10. The molecule has 0 unspecified atom stereocenters. The second-order valence-corrected chi connectivity index (χ2v) is 4.82. The van der Waals surface area contributed by atoms with Gasteiger partial charge >= 0.3 is 5.97 Å². The Labute approximate surface area is 125 Å². The van der Waals surface area contributed by atoms with Gasteiger partial charge in [-0.2, -0.15) is 0 Å². The molecule has 98 valence electrons. The number of esters is 1. The second kappa shape index (κ2) is 5.78. The van der Waals surface area contributed by atoms with Crippen molar-refractivity contribution in [1.82, 2.24) is 4.98 Å². The molecular weight excluding hydrogens is 309 g/mol. The largest absolute Gasteiger partial charge is 0.464 e. The lowest BCUT2D eigenvalue weighted by atomic mass is 10.0. The van der Waals surface area contributed by atoms with Crippen LogP contribution < -0.4 is 0 Å². The van der Waals surface area contributed by atoms with Crippen LogP contribution in [0, 0.1) is 0 Å². The first-order valence-corrected chi connectivity index (χ1v) is 6.37. The van der Waals surface area contributed by atoms with Crippen molar-refractivity contribution in [2.24, 2.45) is 0 Å². The molecule has 0 bridgehead atoms. The van der Waals surface area contributed by atoms with E-state index in [1.807, 2.05) is 0 Å². The van der Waals surface area contributed by atoms with Gasteiger partial charge in [-0.3, -0.25) is 0 Å². The molecule has 0 spiro atoms. The van der Waals surface area contributed by atoms with Gasteiger partial charge in [0.1, 0.15) is 5.15 Å². The standard InChI is InChI=1S/C13H8Cl3NO2/c1-19-13(18)12-7(5-6-10(16)17-12)11-8(14)3-2-4-9(11)15/h2-6H,1H3. The molecule has 0 aliphatic rings. The summed E-state index contributed by atoms with van der Waals surface area (Å²) in [5, 5.41) is 1.02. The highest BCUT2D eigenvalue weighted by Gasteiger charge is 2.19. The van der Waals surface area contributed by atoms with Gasteiger partial charge in [-0.15, -0.1) is 0 Å². The minimum absolute atomic E-state index is 0.0741. The summed E-state index contributed by atoms with van der Waals surface area (Å²) in [4.78, 5) is 15.7. The van der Waals surface area contributed by atoms with Crippen LogP contribution in [-0.4, -0.2) is 18.1 Å². The van der Waals surface area contributed by atoms with Crippen molar-refractivity contribution in [3.63, 3.8) is 0 Å². The maximum absolute atomic E-state index is 11.8. The van der Waals surface area contributed by atoms with Crippen molar-refractivity contribution < 1.29 is 9.53 Å². The first-order chi connectivity index (χ1) is 9.04. The number of pyridine rings is 1. The molecule has 0 amide bonds. The van der Waals surface area contributed by atoms with Crippen LogP contribution >= 0.6 is 34.8 Å². The molecule has 0 saturated carbocycles. The molecule has 0 N–H and O–H groups in total. The molecule has 1 aromatic carbocycles. The number of hydrogen-bond donors (Lipinski definition) is 0. The highest BCUT2D eigenvalue weighted by atomic mass is 35.5. The van der Waals surface area contributed by atoms with Crippen molar-refractivity contribution in [3.05, 3.63) is 51.2 Å². The Morgan fingerprint density at radius 3 is 2.32 bits per heavy atom. The molecule has 2 rings (SSSR count). The third kappa shape index (κ3) is 2.84. The van der Waals surface area contributed by atoms with Crippen molar-refractivity contribution in [1.29, 1.82) is 0 Å². The summed E-state index contributed by atoms with van der Waals surface area (Å²) in [6, 6.07) is 8.27. The van der Waals surface area contributed by atoms with E-state index in [2.05, 4.69) is 9.72 Å². The molecule has 0 saturated heterocycles. The summed E-state index contributed by atoms with van der Waals surface area (Å²) in [5.41, 5.74) is 1.08. The van der Waals surface area contributed by atoms with Crippen LogP contribution in [0.3, 0.4) is 0 Å². The van der Waals surface area contributed by atoms with Gasteiger partial charge in [0.2, 0.25) is 0 Å². The number of hydrogen-bond acceptors (Lipinski definition) is 3. The normalized spacial score (nSPS) is 10.3. The topological polar surface area (TPSA) is 39.2 Å². The summed E-state index contributed by atoms with van der Waals surface area (Å²) in [6.45, 7) is 0. The molecule has 0 fully saturated rings. The number of carbonyl (C=O) groups excluding carboxylic acids is 1. The van der Waals surface area contributed by atoms with E-state index < -0.39 is 5.97 Å². The number of ether oxygens (including phenoxy) is 1. The van der Waals surface area contributed by atoms with Crippen LogP contribution in [0.1, 0.15) is 10.5 Å². The second-order valence-electron chi connectivity index (χ2n) is 3.62. The van der Waals surface area contributed by atoms with Crippen molar-refractivity contribution in [2.75, 3.05) is 7.11 Å². The molecule has 2 aromatic rings. The van der Waals surface area contributed by atoms with Crippen LogP contribution in [0.4, 0.5) is 0 Å². The van der Waals surface area contributed by atoms with Gasteiger partial charge in [-0.05, 0) is 24.3 Å². The van der Waals surface area contributed by atoms with E-state index in [4.69, 9.17) is 34.8 Å². The van der Waals surface area contributed by atoms with E-state index in [-0.39, 0.29) is 10.8 Å². The van der Waals surface area contributed by atoms with Crippen LogP contribution in [0.25, 0.3) is 11.1 Å². The van der Waals surface area contributed by atoms with E-state index in [0.717, 1.165) is 0 Å². The van der Waals surface area contributed by atoms with Crippen LogP contribution in [-0.2, 0) is 4.74 Å². The van der Waals surface area contributed by atoms with Crippen LogP contribution in [0.2, 0.25) is 15.2 Å². The Bertz CT molecular complexity index is 624. The summed E-state index contributed by atoms with van der Waals surface area (Å²) in [7, 11) is 1.27. The van der Waals surface area contributed by atoms with Crippen LogP contribution in [0.15, 0.2) is 30.3 Å². The minimum atomic E-state index is -0.603. The molecule has 1 aromatic heterocycles. The molecule has 0 atom stereocenters. The average Bonchev–Trinajstić information content (AvgIpc) is 2.39. The van der Waals surface area contributed by atoms with Gasteiger partial charge < -0.3 is 4.74 Å². The molecule has 6 heteroatoms. The zero-order valence-corrected chi connectivity index (χ0v) is 12.1. The van der Waals surface area contributed by atoms with Gasteiger partial charge in [-0.1, -0.05) is 40.9 Å². The Hall–Kier alpha value is -1.29. The Morgan fingerprint density at radius 2 is 1.74 bits per heavy atom. The van der Waals surface area contributed by atoms with Gasteiger partial charge in [0.15, 0.2) is 5.69 Å². The Morgan fingerprint density at radius 1 is 1.11 bits per heavy atom. The van der Waals surface area contributed by atoms with Crippen molar-refractivity contribution in [3.8, 4) is 11.1 Å². The zero-order valence-electron chi connectivity index (χ0n) is 9.78. The third-order valence-corrected chi connectivity index (χ3v) is 3.31. The number of methoxy groups -OCH3 is 1. The van der Waals surface area contributed by atoms with E-state index in [9.17, 15) is 4.79 Å². The predicted octanol–water partition coefficient (Wildman–Crippen LogP) is 4.50. The number of aromatic nitrogens is 1. The van der Waals surface area contributed by atoms with Crippen LogP contribution in [0.5, 0.6) is 0 Å². The summed E-state index contributed by atoms with van der Waals surface area (Å²) in [5.74, 6) is -0.603. The zero-order chi connectivity index (χ0) is 14.0. The lowest BCUT2D eigenvalue weighted by Crippen LogP contribution is -2.07. The molecular formula is C13H8Cl3NO2. The third-order valence-electron chi connectivity index (χ3n) is 2.47. The number of carbonyl (C=O) groups is 1. The van der Waals surface area contributed by atoms with E-state index in [0.29, 0.717) is 21.2 Å². The summed E-state index contributed by atoms with van der Waals surface area (Å²) >= 11 is 18.1. The average molecular weight is 317 g/mol. The van der Waals surface area contributed by atoms with E-state index in [1.54, 1.807) is 30.3 Å². The molecule has 19 heavy (non-hydrogen) atoms. The molecule has 0 aliphatic carbocycles. The molecule has 0 radical (unpaired) electrons. The first kappa shape index (κ1) is 14.1. The van der Waals surface area contributed by atoms with E-state index in [1.165, 1.54) is 7.11 Å². The maximum Gasteiger partial charge on any atom is 0.357 e. The fourth-order valence-electron chi connectivity index (χ4n) is 1.64. The van der Waals surface area contributed by atoms with Gasteiger partial charge in [-0.25, -0.2) is 9.78 Å². The Balaban J connectivity index is 2.72. The van der Waals surface area contributed by atoms with Gasteiger partial charge in [0.25, 0.3) is 0 Å². The maximum atomic E-state index is 11.8. The predicted molar refractivity (Wildman–Crippen MR) is 76.0 cm³/mol. The van der Waals surface area contributed by atoms with E-state index >= 15 is 0 Å². The smallest absolute Gasteiger partial charge is 0.357 e. The molecule has 1 heterocycles. The fourth-order valence-corrected chi connectivity index (χ4v) is 2.39. The highest BCUT2D eigenvalue weighted by molar-refractivity contribution is 6.39. The number of nitrogens with zero attached hydrogens (tertiary/aromatic N) is 1. The number of benzene rings is 1. The fraction of sp³-hybridized carbons (Fsp3) is 0.0769. The molecule has 0 aliphatic heterocycles. The SMILES string of the molecule is COC(=O)c1nc(Cl)ccc1-c1c(Cl)cccc1Cl. The summed E-state index contributed by atoms with van der Waals surface area (Å²) in [6.07, 6.45) is 0. The minimum Gasteiger partial charge on any atom is -0.464 e. The number of rotatable bonds is 2. The number of halogens is 3. The van der Waals surface area contributed by atoms with Crippen molar-refractivity contribution >= 4 is 40.8 Å². The quantitative estimate of drug-likeness (QED) is 0.605.